The molecule has 6 nitrogen and oxygen atoms in total. The van der Waals surface area contributed by atoms with Crippen LogP contribution in [0, 0.1) is 6.92 Å². The molecule has 178 valence electrons. The molecule has 3 aromatic rings. The molecule has 34 heavy (non-hydrogen) atoms. The molecule has 3 rings (SSSR count). The Morgan fingerprint density at radius 1 is 1.03 bits per heavy atom. The predicted octanol–water partition coefficient (Wildman–Crippen LogP) is 6.88. The molecule has 1 atom stereocenters. The third-order valence-electron chi connectivity index (χ3n) is 4.44. The van der Waals surface area contributed by atoms with Gasteiger partial charge >= 0.3 is 18.5 Å². The zero-order chi connectivity index (χ0) is 25.1. The number of azo groups is 1. The maximum Gasteiger partial charge on any atom is 0.573 e. The van der Waals surface area contributed by atoms with E-state index in [2.05, 4.69) is 19.9 Å². The molecule has 1 unspecified atom stereocenters. The second-order valence-electron chi connectivity index (χ2n) is 7.03. The van der Waals surface area contributed by atoms with E-state index in [0.29, 0.717) is 5.56 Å². The molecule has 1 heterocycles. The van der Waals surface area contributed by atoms with Gasteiger partial charge < -0.3 is 9.84 Å². The molecule has 0 saturated heterocycles. The van der Waals surface area contributed by atoms with Crippen molar-refractivity contribution < 1.29 is 41.0 Å². The minimum absolute atomic E-state index is 0.00434. The van der Waals surface area contributed by atoms with Crippen LogP contribution in [0.15, 0.2) is 71.0 Å². The van der Waals surface area contributed by atoms with Crippen molar-refractivity contribution in [2.24, 2.45) is 10.2 Å². The number of hydrogen-bond acceptors (Lipinski definition) is 5. The molecule has 2 aromatic carbocycles. The second-order valence-corrected chi connectivity index (χ2v) is 7.03. The van der Waals surface area contributed by atoms with Crippen molar-refractivity contribution in [1.82, 2.24) is 4.98 Å². The Balaban J connectivity index is 2.08. The summed E-state index contributed by atoms with van der Waals surface area (Å²) in [6.45, 7) is 1.60. The molecule has 0 aliphatic carbocycles. The molecular weight excluding hydrogens is 468 g/mol. The summed E-state index contributed by atoms with van der Waals surface area (Å²) in [5.41, 5.74) is -0.723. The Kier molecular flexibility index (Phi) is 6.89. The standard InChI is InChI=1S/C22H15F6N3O3/c1-12-9-17(20(32)33)19(29-11-12)18(13-3-2-4-16(10-13)34-22(26,27)28)31-30-15-7-5-14(6-8-15)21(23,24)25/h2-11,18H,1H3,(H,32,33). The van der Waals surface area contributed by atoms with E-state index in [0.717, 1.165) is 36.4 Å². The summed E-state index contributed by atoms with van der Waals surface area (Å²) in [5, 5.41) is 17.5. The van der Waals surface area contributed by atoms with Crippen molar-refractivity contribution in [2.45, 2.75) is 25.5 Å². The number of carbonyl (C=O) groups is 1. The van der Waals surface area contributed by atoms with Crippen molar-refractivity contribution in [3.63, 3.8) is 0 Å². The monoisotopic (exact) mass is 483 g/mol. The van der Waals surface area contributed by atoms with Crippen LogP contribution in [-0.4, -0.2) is 22.4 Å². The fourth-order valence-electron chi connectivity index (χ4n) is 2.97. The van der Waals surface area contributed by atoms with Crippen LogP contribution in [0.2, 0.25) is 0 Å². The lowest BCUT2D eigenvalue weighted by Crippen LogP contribution is -2.17. The van der Waals surface area contributed by atoms with Gasteiger partial charge in [-0.3, -0.25) is 4.98 Å². The maximum absolute atomic E-state index is 12.8. The van der Waals surface area contributed by atoms with E-state index < -0.39 is 35.9 Å². The van der Waals surface area contributed by atoms with Gasteiger partial charge in [0.05, 0.1) is 22.5 Å². The number of aromatic nitrogens is 1. The van der Waals surface area contributed by atoms with Crippen molar-refractivity contribution in [3.8, 4) is 5.75 Å². The zero-order valence-electron chi connectivity index (χ0n) is 17.2. The average Bonchev–Trinajstić information content (AvgIpc) is 2.73. The van der Waals surface area contributed by atoms with E-state index in [1.807, 2.05) is 0 Å². The number of carboxylic acid groups (broad SMARTS) is 1. The van der Waals surface area contributed by atoms with Crippen LogP contribution in [0.5, 0.6) is 5.75 Å². The molecule has 0 amide bonds. The van der Waals surface area contributed by atoms with Gasteiger partial charge in [0.1, 0.15) is 11.8 Å². The number of rotatable bonds is 6. The third kappa shape index (κ3) is 6.30. The molecule has 0 saturated carbocycles. The Morgan fingerprint density at radius 2 is 1.71 bits per heavy atom. The summed E-state index contributed by atoms with van der Waals surface area (Å²) < 4.78 is 80.2. The fraction of sp³-hybridized carbons (Fsp3) is 0.182. The van der Waals surface area contributed by atoms with Crippen LogP contribution in [0.4, 0.5) is 32.0 Å². The Bertz CT molecular complexity index is 1210. The quantitative estimate of drug-likeness (QED) is 0.306. The summed E-state index contributed by atoms with van der Waals surface area (Å²) >= 11 is 0. The topological polar surface area (TPSA) is 84.1 Å². The number of alkyl halides is 6. The minimum Gasteiger partial charge on any atom is -0.478 e. The molecule has 1 aromatic heterocycles. The first-order valence-corrected chi connectivity index (χ1v) is 9.47. The van der Waals surface area contributed by atoms with Gasteiger partial charge in [0.15, 0.2) is 0 Å². The van der Waals surface area contributed by atoms with Crippen molar-refractivity contribution in [2.75, 3.05) is 0 Å². The van der Waals surface area contributed by atoms with E-state index in [-0.39, 0.29) is 22.5 Å². The first-order valence-electron chi connectivity index (χ1n) is 9.47. The molecule has 1 N–H and O–H groups in total. The van der Waals surface area contributed by atoms with Gasteiger partial charge in [-0.2, -0.15) is 23.4 Å². The summed E-state index contributed by atoms with van der Waals surface area (Å²) in [6.07, 6.45) is -8.18. The van der Waals surface area contributed by atoms with E-state index in [9.17, 15) is 36.2 Å². The number of nitrogens with zero attached hydrogens (tertiary/aromatic N) is 3. The van der Waals surface area contributed by atoms with E-state index in [1.165, 1.54) is 24.4 Å². The Hall–Kier alpha value is -3.96. The van der Waals surface area contributed by atoms with Crippen LogP contribution in [0.25, 0.3) is 0 Å². The summed E-state index contributed by atoms with van der Waals surface area (Å²) in [5.74, 6) is -1.94. The number of aryl methyl sites for hydroxylation is 1. The zero-order valence-corrected chi connectivity index (χ0v) is 17.2. The lowest BCUT2D eigenvalue weighted by atomic mass is 9.99. The van der Waals surface area contributed by atoms with Gasteiger partial charge in [-0.15, -0.1) is 13.2 Å². The number of aromatic carboxylic acids is 1. The minimum atomic E-state index is -4.97. The molecule has 0 spiro atoms. The highest BCUT2D eigenvalue weighted by Crippen LogP contribution is 2.34. The van der Waals surface area contributed by atoms with E-state index in [4.69, 9.17) is 0 Å². The highest BCUT2D eigenvalue weighted by Gasteiger charge is 2.32. The van der Waals surface area contributed by atoms with Gasteiger partial charge in [0.2, 0.25) is 0 Å². The molecule has 0 aliphatic rings. The van der Waals surface area contributed by atoms with Crippen LogP contribution in [-0.2, 0) is 6.18 Å². The van der Waals surface area contributed by atoms with Gasteiger partial charge in [0.25, 0.3) is 0 Å². The third-order valence-corrected chi connectivity index (χ3v) is 4.44. The predicted molar refractivity (Wildman–Crippen MR) is 107 cm³/mol. The van der Waals surface area contributed by atoms with Gasteiger partial charge in [-0.25, -0.2) is 4.79 Å². The molecular formula is C22H15F6N3O3. The first-order chi connectivity index (χ1) is 15.8. The molecule has 0 radical (unpaired) electrons. The number of pyridine rings is 1. The smallest absolute Gasteiger partial charge is 0.478 e. The molecule has 0 bridgehead atoms. The summed E-state index contributed by atoms with van der Waals surface area (Å²) in [4.78, 5) is 15.9. The number of halogens is 6. The van der Waals surface area contributed by atoms with E-state index >= 15 is 0 Å². The normalized spacial score (nSPS) is 13.1. The molecule has 0 aliphatic heterocycles. The maximum atomic E-state index is 12.8. The Morgan fingerprint density at radius 3 is 2.29 bits per heavy atom. The van der Waals surface area contributed by atoms with Crippen molar-refractivity contribution in [3.05, 3.63) is 88.7 Å². The SMILES string of the molecule is Cc1cnc(C(N=Nc2ccc(C(F)(F)F)cc2)c2cccc(OC(F)(F)F)c2)c(C(=O)O)c1. The lowest BCUT2D eigenvalue weighted by molar-refractivity contribution is -0.274. The molecule has 12 heteroatoms. The number of benzene rings is 2. The Labute approximate surface area is 188 Å². The average molecular weight is 483 g/mol. The number of ether oxygens (including phenoxy) is 1. The van der Waals surface area contributed by atoms with Crippen LogP contribution < -0.4 is 4.74 Å². The largest absolute Gasteiger partial charge is 0.573 e. The van der Waals surface area contributed by atoms with Crippen molar-refractivity contribution >= 4 is 11.7 Å². The fourth-order valence-corrected chi connectivity index (χ4v) is 2.97. The van der Waals surface area contributed by atoms with E-state index in [1.54, 1.807) is 6.92 Å². The number of carboxylic acids is 1. The highest BCUT2D eigenvalue weighted by atomic mass is 19.4. The lowest BCUT2D eigenvalue weighted by Gasteiger charge is -2.16. The van der Waals surface area contributed by atoms with Crippen molar-refractivity contribution in [1.29, 1.82) is 0 Å². The van der Waals surface area contributed by atoms with Gasteiger partial charge in [-0.1, -0.05) is 12.1 Å². The second kappa shape index (κ2) is 9.49. The van der Waals surface area contributed by atoms with Crippen LogP contribution in [0.1, 0.15) is 38.8 Å². The first kappa shape index (κ1) is 24.7. The summed E-state index contributed by atoms with van der Waals surface area (Å²) in [7, 11) is 0. The van der Waals surface area contributed by atoms with Crippen LogP contribution in [0.3, 0.4) is 0 Å². The molecule has 0 fully saturated rings. The number of hydrogen-bond donors (Lipinski definition) is 1. The van der Waals surface area contributed by atoms with Gasteiger partial charge in [-0.05, 0) is 60.5 Å². The van der Waals surface area contributed by atoms with Gasteiger partial charge in [0, 0.05) is 6.20 Å². The highest BCUT2D eigenvalue weighted by molar-refractivity contribution is 5.89. The van der Waals surface area contributed by atoms with Crippen LogP contribution >= 0.6 is 0 Å². The summed E-state index contributed by atoms with van der Waals surface area (Å²) in [6, 6.07) is 8.33.